The molecule has 1 aromatic carbocycles. The highest BCUT2D eigenvalue weighted by Crippen LogP contribution is 2.31. The maximum atomic E-state index is 14.1. The third-order valence-corrected chi connectivity index (χ3v) is 4.41. The van der Waals surface area contributed by atoms with E-state index < -0.39 is 17.6 Å². The quantitative estimate of drug-likeness (QED) is 0.132. The van der Waals surface area contributed by atoms with Crippen molar-refractivity contribution in [2.45, 2.75) is 20.0 Å². The Morgan fingerprint density at radius 2 is 1.94 bits per heavy atom. The molecule has 0 fully saturated rings. The van der Waals surface area contributed by atoms with Crippen LogP contribution >= 0.6 is 0 Å². The van der Waals surface area contributed by atoms with Crippen LogP contribution in [0.15, 0.2) is 107 Å². The summed E-state index contributed by atoms with van der Waals surface area (Å²) in [5.74, 6) is -0.673. The second kappa shape index (κ2) is 13.5. The molecule has 0 atom stereocenters. The number of allylic oxidation sites excluding steroid dienone is 6. The number of hydrazone groups is 1. The summed E-state index contributed by atoms with van der Waals surface area (Å²) in [6.07, 6.45) is 4.94. The summed E-state index contributed by atoms with van der Waals surface area (Å²) in [6.45, 7) is 10.8. The van der Waals surface area contributed by atoms with Gasteiger partial charge in [-0.3, -0.25) is 9.98 Å². The maximum Gasteiger partial charge on any atom is 0.416 e. The van der Waals surface area contributed by atoms with Crippen molar-refractivity contribution in [2.75, 3.05) is 11.9 Å². The predicted octanol–water partition coefficient (Wildman–Crippen LogP) is 6.76. The third-order valence-electron chi connectivity index (χ3n) is 4.41. The van der Waals surface area contributed by atoms with E-state index in [2.05, 4.69) is 44.0 Å². The molecule has 0 amide bonds. The maximum absolute atomic E-state index is 14.1. The van der Waals surface area contributed by atoms with Gasteiger partial charge in [0.2, 0.25) is 5.96 Å². The molecule has 0 radical (unpaired) electrons. The number of guanidine groups is 1. The minimum atomic E-state index is -4.43. The second-order valence-corrected chi connectivity index (χ2v) is 7.05. The number of pyridine rings is 1. The first-order valence-corrected chi connectivity index (χ1v) is 10.8. The van der Waals surface area contributed by atoms with Crippen LogP contribution in [0, 0.1) is 0 Å². The van der Waals surface area contributed by atoms with Crippen molar-refractivity contribution in [3.8, 4) is 0 Å². The summed E-state index contributed by atoms with van der Waals surface area (Å²) in [4.78, 5) is 12.6. The Labute approximate surface area is 207 Å². The predicted molar refractivity (Wildman–Crippen MR) is 138 cm³/mol. The van der Waals surface area contributed by atoms with E-state index in [0.29, 0.717) is 23.5 Å². The zero-order valence-corrected chi connectivity index (χ0v) is 19.9. The van der Waals surface area contributed by atoms with E-state index in [1.54, 1.807) is 50.3 Å². The van der Waals surface area contributed by atoms with Crippen LogP contribution in [-0.2, 0) is 6.18 Å². The van der Waals surface area contributed by atoms with Crippen molar-refractivity contribution in [1.82, 2.24) is 10.4 Å². The van der Waals surface area contributed by atoms with Crippen molar-refractivity contribution < 1.29 is 17.6 Å². The van der Waals surface area contributed by atoms with E-state index in [9.17, 15) is 17.6 Å². The van der Waals surface area contributed by atoms with Crippen molar-refractivity contribution in [3.05, 3.63) is 103 Å². The van der Waals surface area contributed by atoms with E-state index in [1.165, 1.54) is 24.5 Å². The highest BCUT2D eigenvalue weighted by atomic mass is 19.4. The Balaban J connectivity index is 2.13. The van der Waals surface area contributed by atoms with Crippen molar-refractivity contribution in [1.29, 1.82) is 0 Å². The first-order valence-electron chi connectivity index (χ1n) is 10.8. The molecule has 0 bridgehead atoms. The van der Waals surface area contributed by atoms with E-state index in [-0.39, 0.29) is 17.4 Å². The molecule has 0 saturated heterocycles. The minimum absolute atomic E-state index is 0.00588. The van der Waals surface area contributed by atoms with Gasteiger partial charge in [-0.1, -0.05) is 43.5 Å². The van der Waals surface area contributed by atoms with Crippen molar-refractivity contribution in [3.63, 3.8) is 0 Å². The van der Waals surface area contributed by atoms with Gasteiger partial charge in [0.05, 0.1) is 29.4 Å². The summed E-state index contributed by atoms with van der Waals surface area (Å²) >= 11 is 0. The lowest BCUT2D eigenvalue weighted by Gasteiger charge is -2.10. The van der Waals surface area contributed by atoms with Crippen LogP contribution in [0.2, 0.25) is 0 Å². The molecule has 0 aliphatic carbocycles. The van der Waals surface area contributed by atoms with Crippen LogP contribution < -0.4 is 10.7 Å². The zero-order valence-electron chi connectivity index (χ0n) is 19.9. The molecule has 0 aliphatic rings. The smallest absolute Gasteiger partial charge is 0.354 e. The average molecular weight is 499 g/mol. The average Bonchev–Trinajstić information content (AvgIpc) is 2.84. The van der Waals surface area contributed by atoms with Gasteiger partial charge in [-0.05, 0) is 49.8 Å². The Hall–Kier alpha value is -4.34. The molecule has 188 valence electrons. The summed E-state index contributed by atoms with van der Waals surface area (Å²) in [6, 6.07) is 8.12. The Morgan fingerprint density at radius 1 is 1.17 bits per heavy atom. The van der Waals surface area contributed by atoms with Gasteiger partial charge >= 0.3 is 6.18 Å². The monoisotopic (exact) mass is 498 g/mol. The molecule has 2 rings (SSSR count). The topological polar surface area (TPSA) is 74.0 Å². The van der Waals surface area contributed by atoms with Crippen LogP contribution in [0.3, 0.4) is 0 Å². The largest absolute Gasteiger partial charge is 0.416 e. The number of rotatable bonds is 9. The molecule has 10 heteroatoms. The number of benzene rings is 1. The fraction of sp³-hybridized carbons (Fsp3) is 0.154. The number of anilines is 2. The van der Waals surface area contributed by atoms with Crippen LogP contribution in [-0.4, -0.2) is 29.4 Å². The highest BCUT2D eigenvalue weighted by molar-refractivity contribution is 6.16. The lowest BCUT2D eigenvalue weighted by atomic mass is 10.1. The summed E-state index contributed by atoms with van der Waals surface area (Å²) in [5, 5.41) is 6.92. The number of nitrogens with one attached hydrogen (secondary N) is 2. The number of hydrogen-bond acceptors (Lipinski definition) is 4. The van der Waals surface area contributed by atoms with Gasteiger partial charge in [-0.2, -0.15) is 18.3 Å². The summed E-state index contributed by atoms with van der Waals surface area (Å²) in [5.41, 5.74) is 3.62. The fourth-order valence-corrected chi connectivity index (χ4v) is 2.77. The van der Waals surface area contributed by atoms with Gasteiger partial charge in [0.15, 0.2) is 0 Å². The molecule has 0 spiro atoms. The molecular formula is C26H26F4N6. The molecule has 1 heterocycles. The summed E-state index contributed by atoms with van der Waals surface area (Å²) in [7, 11) is 0. The Bertz CT molecular complexity index is 1210. The molecule has 0 unspecified atom stereocenters. The molecule has 6 nitrogen and oxygen atoms in total. The second-order valence-electron chi connectivity index (χ2n) is 7.05. The highest BCUT2D eigenvalue weighted by Gasteiger charge is 2.30. The summed E-state index contributed by atoms with van der Waals surface area (Å²) < 4.78 is 52.7. The normalized spacial score (nSPS) is 13.3. The molecule has 0 saturated carbocycles. The number of aromatic nitrogens is 1. The third kappa shape index (κ3) is 8.79. The van der Waals surface area contributed by atoms with Gasteiger partial charge in [-0.15, -0.1) is 0 Å². The Morgan fingerprint density at radius 3 is 2.53 bits per heavy atom. The lowest BCUT2D eigenvalue weighted by molar-refractivity contribution is -0.137. The number of halogens is 4. The van der Waals surface area contributed by atoms with Crippen LogP contribution in [0.1, 0.15) is 25.1 Å². The van der Waals surface area contributed by atoms with Crippen LogP contribution in [0.4, 0.5) is 28.9 Å². The zero-order chi connectivity index (χ0) is 26.6. The van der Waals surface area contributed by atoms with Crippen LogP contribution in [0.5, 0.6) is 0 Å². The molecule has 36 heavy (non-hydrogen) atoms. The number of aliphatic imine (C=N–C) groups is 2. The van der Waals surface area contributed by atoms with Crippen LogP contribution in [0.25, 0.3) is 0 Å². The van der Waals surface area contributed by atoms with Gasteiger partial charge in [0.1, 0.15) is 11.5 Å². The molecular weight excluding hydrogens is 472 g/mol. The van der Waals surface area contributed by atoms with Crippen molar-refractivity contribution >= 4 is 29.3 Å². The number of alkyl halides is 3. The van der Waals surface area contributed by atoms with Crippen molar-refractivity contribution in [2.24, 2.45) is 15.1 Å². The lowest BCUT2D eigenvalue weighted by Crippen LogP contribution is -2.19. The molecule has 2 N–H and O–H groups in total. The Kier molecular flexibility index (Phi) is 10.5. The van der Waals surface area contributed by atoms with E-state index in [0.717, 1.165) is 12.1 Å². The molecule has 1 aromatic heterocycles. The minimum Gasteiger partial charge on any atom is -0.354 e. The molecule has 2 aromatic rings. The standard InChI is InChI=1S/C26H26F4N6/c1-5-8-10-19(6-2)24(18(4)27)35-25(31-7-3)36-33-17-22-13-14-23(16-32-22)34-21-12-9-11-20(15-21)26(28,29)30/h5-6,8-17,34H,1,4,7H2,2-3H3,(H,31,36)/b10-8-,19-6+,33-17+,35-24+. The van der Waals surface area contributed by atoms with Gasteiger partial charge < -0.3 is 5.32 Å². The fourth-order valence-electron chi connectivity index (χ4n) is 2.77. The first kappa shape index (κ1) is 27.9. The van der Waals surface area contributed by atoms with E-state index in [4.69, 9.17) is 0 Å². The van der Waals surface area contributed by atoms with Gasteiger partial charge in [-0.25, -0.2) is 14.8 Å². The first-order chi connectivity index (χ1) is 17.2. The number of nitrogens with zero attached hydrogens (tertiary/aromatic N) is 4. The van der Waals surface area contributed by atoms with E-state index >= 15 is 0 Å². The van der Waals surface area contributed by atoms with E-state index in [1.807, 2.05) is 0 Å². The van der Waals surface area contributed by atoms with Gasteiger partial charge in [0.25, 0.3) is 0 Å². The SMILES string of the molecule is C=C\C=C/C(=C\C)C(=N/C(=NCC)N/N=C/c1ccc(Nc2cccc(C(F)(F)F)c2)cn1)/C(=C)F. The number of hydrogen-bond donors (Lipinski definition) is 2. The van der Waals surface area contributed by atoms with Gasteiger partial charge in [0, 0.05) is 12.2 Å². The molecule has 0 aliphatic heterocycles.